The lowest BCUT2D eigenvalue weighted by molar-refractivity contribution is 0.0959. The van der Waals surface area contributed by atoms with E-state index in [4.69, 9.17) is 5.73 Å². The number of ketones is 1. The summed E-state index contributed by atoms with van der Waals surface area (Å²) in [6, 6.07) is 3.18. The Balaban J connectivity index is 2.83. The second-order valence-electron chi connectivity index (χ2n) is 3.07. The molecule has 0 amide bonds. The quantitative estimate of drug-likeness (QED) is 0.710. The van der Waals surface area contributed by atoms with Crippen LogP contribution in [0.15, 0.2) is 18.3 Å². The Labute approximate surface area is 78.0 Å². The summed E-state index contributed by atoms with van der Waals surface area (Å²) in [5, 5.41) is 0. The zero-order valence-corrected chi connectivity index (χ0v) is 7.95. The van der Waals surface area contributed by atoms with Gasteiger partial charge in [-0.1, -0.05) is 6.92 Å². The van der Waals surface area contributed by atoms with Crippen molar-refractivity contribution < 1.29 is 4.79 Å². The third kappa shape index (κ3) is 2.36. The zero-order valence-electron chi connectivity index (χ0n) is 7.95. The molecule has 1 heterocycles. The van der Waals surface area contributed by atoms with Gasteiger partial charge in [0.05, 0.1) is 6.04 Å². The smallest absolute Gasteiger partial charge is 0.181 e. The predicted molar refractivity (Wildman–Crippen MR) is 51.6 cm³/mol. The molecule has 0 saturated carbocycles. The van der Waals surface area contributed by atoms with Crippen LogP contribution in [-0.4, -0.2) is 16.8 Å². The molecule has 0 fully saturated rings. The molecule has 1 aromatic rings. The number of carbonyl (C=O) groups excluding carboxylic acids is 1. The molecule has 1 aromatic heterocycles. The van der Waals surface area contributed by atoms with Crippen molar-refractivity contribution in [1.82, 2.24) is 4.98 Å². The van der Waals surface area contributed by atoms with Crippen LogP contribution in [-0.2, 0) is 0 Å². The van der Waals surface area contributed by atoms with Crippen LogP contribution >= 0.6 is 0 Å². The summed E-state index contributed by atoms with van der Waals surface area (Å²) in [5.41, 5.74) is 7.11. The van der Waals surface area contributed by atoms with E-state index in [1.807, 2.05) is 19.9 Å². The summed E-state index contributed by atoms with van der Waals surface area (Å²) in [7, 11) is 0. The predicted octanol–water partition coefficient (Wildman–Crippen LogP) is 1.31. The molecule has 0 aliphatic carbocycles. The van der Waals surface area contributed by atoms with E-state index in [-0.39, 0.29) is 5.78 Å². The van der Waals surface area contributed by atoms with E-state index in [1.54, 1.807) is 12.3 Å². The van der Waals surface area contributed by atoms with Crippen LogP contribution in [0.3, 0.4) is 0 Å². The molecule has 13 heavy (non-hydrogen) atoms. The largest absolute Gasteiger partial charge is 0.321 e. The zero-order chi connectivity index (χ0) is 9.84. The van der Waals surface area contributed by atoms with Crippen LogP contribution in [0.25, 0.3) is 0 Å². The van der Waals surface area contributed by atoms with Crippen LogP contribution in [0.2, 0.25) is 0 Å². The maximum Gasteiger partial charge on any atom is 0.181 e. The monoisotopic (exact) mass is 178 g/mol. The third-order valence-electron chi connectivity index (χ3n) is 1.97. The lowest BCUT2D eigenvalue weighted by Gasteiger charge is -2.06. The molecule has 1 atom stereocenters. The topological polar surface area (TPSA) is 56.0 Å². The first-order chi connectivity index (χ1) is 6.15. The first-order valence-corrected chi connectivity index (χ1v) is 4.37. The first kappa shape index (κ1) is 9.86. The Morgan fingerprint density at radius 1 is 1.62 bits per heavy atom. The Hall–Kier alpha value is -1.22. The van der Waals surface area contributed by atoms with Crippen LogP contribution in [0.4, 0.5) is 0 Å². The maximum absolute atomic E-state index is 11.5. The number of Topliss-reactive ketones (excluding diaryl/α,β-unsaturated/α-hetero) is 1. The standard InChI is InChI=1S/C10H14N2O/c1-3-9(11)10(13)8-5-4-7(2)12-6-8/h4-6,9H,3,11H2,1-2H3. The fourth-order valence-electron chi connectivity index (χ4n) is 1.01. The number of carbonyl (C=O) groups is 1. The highest BCUT2D eigenvalue weighted by Gasteiger charge is 2.13. The number of nitrogens with two attached hydrogens (primary N) is 1. The molecule has 2 N–H and O–H groups in total. The number of hydrogen-bond acceptors (Lipinski definition) is 3. The number of rotatable bonds is 3. The summed E-state index contributed by atoms with van der Waals surface area (Å²) < 4.78 is 0. The second-order valence-corrected chi connectivity index (χ2v) is 3.07. The minimum absolute atomic E-state index is 0.0324. The van der Waals surface area contributed by atoms with E-state index in [9.17, 15) is 4.79 Å². The average Bonchev–Trinajstić information content (AvgIpc) is 2.17. The Bertz CT molecular complexity index is 292. The molecule has 3 nitrogen and oxygen atoms in total. The minimum Gasteiger partial charge on any atom is -0.321 e. The fourth-order valence-corrected chi connectivity index (χ4v) is 1.01. The number of aromatic nitrogens is 1. The number of pyridine rings is 1. The molecule has 0 aromatic carbocycles. The van der Waals surface area contributed by atoms with Crippen LogP contribution in [0.5, 0.6) is 0 Å². The van der Waals surface area contributed by atoms with Crippen LogP contribution < -0.4 is 5.73 Å². The molecule has 1 unspecified atom stereocenters. The van der Waals surface area contributed by atoms with Gasteiger partial charge in [0.15, 0.2) is 5.78 Å². The number of aryl methyl sites for hydroxylation is 1. The molecule has 0 bridgehead atoms. The summed E-state index contributed by atoms with van der Waals surface area (Å²) >= 11 is 0. The Morgan fingerprint density at radius 3 is 2.77 bits per heavy atom. The molecule has 0 aliphatic rings. The van der Waals surface area contributed by atoms with Gasteiger partial charge < -0.3 is 5.73 Å². The molecule has 0 aliphatic heterocycles. The van der Waals surface area contributed by atoms with E-state index in [0.717, 1.165) is 5.69 Å². The second kappa shape index (κ2) is 4.14. The van der Waals surface area contributed by atoms with E-state index in [1.165, 1.54) is 0 Å². The van der Waals surface area contributed by atoms with Crippen molar-refractivity contribution in [3.8, 4) is 0 Å². The van der Waals surface area contributed by atoms with Crippen molar-refractivity contribution in [3.05, 3.63) is 29.6 Å². The van der Waals surface area contributed by atoms with Crippen molar-refractivity contribution in [1.29, 1.82) is 0 Å². The molecular weight excluding hydrogens is 164 g/mol. The lowest BCUT2D eigenvalue weighted by Crippen LogP contribution is -2.29. The molecule has 0 saturated heterocycles. The van der Waals surface area contributed by atoms with Gasteiger partial charge in [-0.2, -0.15) is 0 Å². The number of hydrogen-bond donors (Lipinski definition) is 1. The summed E-state index contributed by atoms with van der Waals surface area (Å²) in [4.78, 5) is 15.6. The van der Waals surface area contributed by atoms with Crippen LogP contribution in [0.1, 0.15) is 29.4 Å². The van der Waals surface area contributed by atoms with Gasteiger partial charge in [0.2, 0.25) is 0 Å². The van der Waals surface area contributed by atoms with E-state index in [0.29, 0.717) is 12.0 Å². The van der Waals surface area contributed by atoms with Gasteiger partial charge in [-0.05, 0) is 25.5 Å². The van der Waals surface area contributed by atoms with Gasteiger partial charge >= 0.3 is 0 Å². The van der Waals surface area contributed by atoms with Crippen molar-refractivity contribution in [2.75, 3.05) is 0 Å². The minimum atomic E-state index is -0.399. The fraction of sp³-hybridized carbons (Fsp3) is 0.400. The SMILES string of the molecule is CCC(N)C(=O)c1ccc(C)nc1. The van der Waals surface area contributed by atoms with E-state index in [2.05, 4.69) is 4.98 Å². The van der Waals surface area contributed by atoms with Crippen molar-refractivity contribution in [2.45, 2.75) is 26.3 Å². The maximum atomic E-state index is 11.5. The lowest BCUT2D eigenvalue weighted by atomic mass is 10.0. The molecule has 1 rings (SSSR count). The molecular formula is C10H14N2O. The molecule has 3 heteroatoms. The highest BCUT2D eigenvalue weighted by atomic mass is 16.1. The van der Waals surface area contributed by atoms with Crippen molar-refractivity contribution in [3.63, 3.8) is 0 Å². The third-order valence-corrected chi connectivity index (χ3v) is 1.97. The summed E-state index contributed by atoms with van der Waals surface area (Å²) in [6.45, 7) is 3.78. The van der Waals surface area contributed by atoms with Gasteiger partial charge in [-0.25, -0.2) is 0 Å². The van der Waals surface area contributed by atoms with Gasteiger partial charge in [-0.3, -0.25) is 9.78 Å². The average molecular weight is 178 g/mol. The highest BCUT2D eigenvalue weighted by Crippen LogP contribution is 2.04. The van der Waals surface area contributed by atoms with Crippen molar-refractivity contribution >= 4 is 5.78 Å². The van der Waals surface area contributed by atoms with Gasteiger partial charge in [0.25, 0.3) is 0 Å². The van der Waals surface area contributed by atoms with Crippen molar-refractivity contribution in [2.24, 2.45) is 5.73 Å². The summed E-state index contributed by atoms with van der Waals surface area (Å²) in [5.74, 6) is -0.0324. The normalized spacial score (nSPS) is 12.5. The van der Waals surface area contributed by atoms with Gasteiger partial charge in [-0.15, -0.1) is 0 Å². The van der Waals surface area contributed by atoms with E-state index < -0.39 is 6.04 Å². The first-order valence-electron chi connectivity index (χ1n) is 4.37. The summed E-state index contributed by atoms with van der Waals surface area (Å²) in [6.07, 6.45) is 2.24. The Kier molecular flexibility index (Phi) is 3.14. The van der Waals surface area contributed by atoms with E-state index >= 15 is 0 Å². The highest BCUT2D eigenvalue weighted by molar-refractivity contribution is 5.99. The van der Waals surface area contributed by atoms with Gasteiger partial charge in [0, 0.05) is 17.5 Å². The molecule has 70 valence electrons. The van der Waals surface area contributed by atoms with Gasteiger partial charge in [0.1, 0.15) is 0 Å². The number of nitrogens with zero attached hydrogens (tertiary/aromatic N) is 1. The molecule has 0 spiro atoms. The molecule has 0 radical (unpaired) electrons. The Morgan fingerprint density at radius 2 is 2.31 bits per heavy atom. The van der Waals surface area contributed by atoms with Crippen LogP contribution in [0, 0.1) is 6.92 Å².